The number of urea groups is 1. The lowest BCUT2D eigenvalue weighted by molar-refractivity contribution is -0.149. The van der Waals surface area contributed by atoms with E-state index < -0.39 is 40.6 Å². The molecule has 0 aliphatic carbocycles. The van der Waals surface area contributed by atoms with Crippen molar-refractivity contribution in [3.8, 4) is 0 Å². The number of hydrogen-bond donors (Lipinski definition) is 3. The Kier molecular flexibility index (Phi) is 8.67. The molecular weight excluding hydrogens is 398 g/mol. The molecule has 0 aromatic heterocycles. The van der Waals surface area contributed by atoms with Gasteiger partial charge in [0, 0.05) is 11.6 Å². The first-order chi connectivity index (χ1) is 12.5. The molecule has 3 N–H and O–H groups in total. The topological polar surface area (TPSA) is 131 Å². The van der Waals surface area contributed by atoms with Gasteiger partial charge in [-0.2, -0.15) is 4.72 Å². The average Bonchev–Trinajstić information content (AvgIpc) is 2.57. The highest BCUT2D eigenvalue weighted by molar-refractivity contribution is 7.89. The molecule has 1 atom stereocenters. The predicted octanol–water partition coefficient (Wildman–Crippen LogP) is 1.03. The van der Waals surface area contributed by atoms with Crippen LogP contribution in [0.5, 0.6) is 0 Å². The maximum Gasteiger partial charge on any atom is 0.324 e. The summed E-state index contributed by atoms with van der Waals surface area (Å²) in [5, 5.41) is 4.82. The van der Waals surface area contributed by atoms with Crippen LogP contribution in [0.15, 0.2) is 29.2 Å². The number of carbonyl (C=O) groups excluding carboxylic acids is 3. The number of ether oxygens (including phenoxy) is 1. The van der Waals surface area contributed by atoms with E-state index in [9.17, 15) is 22.8 Å². The number of esters is 1. The summed E-state index contributed by atoms with van der Waals surface area (Å²) in [6.45, 7) is 4.69. The largest absolute Gasteiger partial charge is 0.454 e. The van der Waals surface area contributed by atoms with Crippen LogP contribution >= 0.6 is 11.6 Å². The van der Waals surface area contributed by atoms with Gasteiger partial charge in [0.15, 0.2) is 6.61 Å². The van der Waals surface area contributed by atoms with Crippen LogP contribution in [0.2, 0.25) is 5.02 Å². The molecule has 0 saturated carbocycles. The average molecular weight is 420 g/mol. The van der Waals surface area contributed by atoms with Gasteiger partial charge in [-0.05, 0) is 37.1 Å². The van der Waals surface area contributed by atoms with Gasteiger partial charge in [-0.25, -0.2) is 13.2 Å². The number of nitrogens with one attached hydrogen (secondary N) is 3. The number of benzene rings is 1. The van der Waals surface area contributed by atoms with Crippen molar-refractivity contribution in [3.63, 3.8) is 0 Å². The van der Waals surface area contributed by atoms with Crippen molar-refractivity contribution in [2.45, 2.75) is 31.7 Å². The van der Waals surface area contributed by atoms with Gasteiger partial charge < -0.3 is 10.1 Å². The minimum Gasteiger partial charge on any atom is -0.454 e. The van der Waals surface area contributed by atoms with E-state index in [1.165, 1.54) is 31.2 Å². The summed E-state index contributed by atoms with van der Waals surface area (Å²) in [5.74, 6) is -1.60. The number of rotatable bonds is 8. The molecule has 1 rings (SSSR count). The van der Waals surface area contributed by atoms with Crippen molar-refractivity contribution < 1.29 is 27.5 Å². The zero-order valence-corrected chi connectivity index (χ0v) is 16.7. The molecule has 150 valence electrons. The summed E-state index contributed by atoms with van der Waals surface area (Å²) in [6, 6.07) is 3.41. The highest BCUT2D eigenvalue weighted by Gasteiger charge is 2.24. The van der Waals surface area contributed by atoms with Crippen molar-refractivity contribution in [3.05, 3.63) is 29.3 Å². The lowest BCUT2D eigenvalue weighted by Gasteiger charge is -2.14. The Morgan fingerprint density at radius 2 is 1.70 bits per heavy atom. The van der Waals surface area contributed by atoms with Crippen molar-refractivity contribution in [2.24, 2.45) is 5.92 Å². The third-order valence-corrected chi connectivity index (χ3v) is 4.89. The van der Waals surface area contributed by atoms with Gasteiger partial charge in [-0.3, -0.25) is 14.9 Å². The van der Waals surface area contributed by atoms with Gasteiger partial charge in [0.25, 0.3) is 5.91 Å². The molecule has 0 fully saturated rings. The highest BCUT2D eigenvalue weighted by Crippen LogP contribution is 2.14. The van der Waals surface area contributed by atoms with E-state index in [0.29, 0.717) is 11.6 Å². The first-order valence-electron chi connectivity index (χ1n) is 8.03. The third kappa shape index (κ3) is 8.37. The Morgan fingerprint density at radius 1 is 1.11 bits per heavy atom. The zero-order chi connectivity index (χ0) is 20.6. The fourth-order valence-electron chi connectivity index (χ4n) is 1.73. The number of amides is 3. The van der Waals surface area contributed by atoms with E-state index in [1.807, 2.05) is 19.2 Å². The molecule has 0 bridgehead atoms. The molecule has 0 aliphatic rings. The van der Waals surface area contributed by atoms with Crippen LogP contribution < -0.4 is 15.4 Å². The molecule has 0 heterocycles. The van der Waals surface area contributed by atoms with Crippen molar-refractivity contribution in [2.75, 3.05) is 13.2 Å². The number of hydrogen-bond acceptors (Lipinski definition) is 6. The first-order valence-corrected chi connectivity index (χ1v) is 9.89. The lowest BCUT2D eigenvalue weighted by Crippen LogP contribution is -2.44. The van der Waals surface area contributed by atoms with E-state index >= 15 is 0 Å². The van der Waals surface area contributed by atoms with E-state index in [4.69, 9.17) is 16.3 Å². The second-order valence-corrected chi connectivity index (χ2v) is 8.21. The van der Waals surface area contributed by atoms with Crippen LogP contribution in [-0.2, 0) is 24.3 Å². The SMILES string of the molecule is CC(C)CNC(=O)NC(=O)COC(=O)[C@H](C)NS(=O)(=O)c1ccc(Cl)cc1. The Bertz CT molecular complexity index is 780. The lowest BCUT2D eigenvalue weighted by atomic mass is 10.2. The Balaban J connectivity index is 2.48. The third-order valence-electron chi connectivity index (χ3n) is 3.08. The number of halogens is 1. The smallest absolute Gasteiger partial charge is 0.324 e. The molecule has 0 spiro atoms. The highest BCUT2D eigenvalue weighted by atomic mass is 35.5. The second-order valence-electron chi connectivity index (χ2n) is 6.06. The van der Waals surface area contributed by atoms with Gasteiger partial charge in [-0.1, -0.05) is 25.4 Å². The van der Waals surface area contributed by atoms with Gasteiger partial charge in [0.05, 0.1) is 4.90 Å². The van der Waals surface area contributed by atoms with Crippen LogP contribution in [0, 0.1) is 5.92 Å². The summed E-state index contributed by atoms with van der Waals surface area (Å²) >= 11 is 5.70. The fourth-order valence-corrected chi connectivity index (χ4v) is 3.05. The van der Waals surface area contributed by atoms with Crippen LogP contribution in [0.4, 0.5) is 4.79 Å². The number of carbonyl (C=O) groups is 3. The Morgan fingerprint density at radius 3 is 2.26 bits per heavy atom. The van der Waals surface area contributed by atoms with Gasteiger partial charge in [0.1, 0.15) is 6.04 Å². The van der Waals surface area contributed by atoms with Crippen LogP contribution in [0.25, 0.3) is 0 Å². The molecule has 9 nitrogen and oxygen atoms in total. The number of sulfonamides is 1. The van der Waals surface area contributed by atoms with Gasteiger partial charge >= 0.3 is 12.0 Å². The fraction of sp³-hybridized carbons (Fsp3) is 0.438. The molecule has 0 unspecified atom stereocenters. The zero-order valence-electron chi connectivity index (χ0n) is 15.1. The van der Waals surface area contributed by atoms with Crippen molar-refractivity contribution in [1.29, 1.82) is 0 Å². The van der Waals surface area contributed by atoms with Crippen LogP contribution in [0.1, 0.15) is 20.8 Å². The van der Waals surface area contributed by atoms with Crippen LogP contribution in [0.3, 0.4) is 0 Å². The summed E-state index contributed by atoms with van der Waals surface area (Å²) in [5.41, 5.74) is 0. The first kappa shape index (κ1) is 22.9. The molecule has 0 saturated heterocycles. The summed E-state index contributed by atoms with van der Waals surface area (Å²) in [4.78, 5) is 34.8. The Hall–Kier alpha value is -2.17. The number of imide groups is 1. The summed E-state index contributed by atoms with van der Waals surface area (Å²) in [7, 11) is -3.97. The molecule has 0 aliphatic heterocycles. The van der Waals surface area contributed by atoms with Crippen molar-refractivity contribution >= 4 is 39.5 Å². The monoisotopic (exact) mass is 419 g/mol. The molecule has 27 heavy (non-hydrogen) atoms. The van der Waals surface area contributed by atoms with E-state index in [0.717, 1.165) is 0 Å². The van der Waals surface area contributed by atoms with Gasteiger partial charge in [0.2, 0.25) is 10.0 Å². The molecule has 1 aromatic rings. The van der Waals surface area contributed by atoms with Crippen LogP contribution in [-0.4, -0.2) is 45.5 Å². The normalized spacial score (nSPS) is 12.3. The van der Waals surface area contributed by atoms with E-state index in [2.05, 4.69) is 10.0 Å². The Labute approximate surface area is 162 Å². The molecule has 0 radical (unpaired) electrons. The maximum atomic E-state index is 12.2. The van der Waals surface area contributed by atoms with E-state index in [1.54, 1.807) is 0 Å². The molecule has 11 heteroatoms. The summed E-state index contributed by atoms with van der Waals surface area (Å²) < 4.78 is 31.2. The van der Waals surface area contributed by atoms with E-state index in [-0.39, 0.29) is 10.8 Å². The summed E-state index contributed by atoms with van der Waals surface area (Å²) in [6.07, 6.45) is 0. The van der Waals surface area contributed by atoms with Gasteiger partial charge in [-0.15, -0.1) is 0 Å². The standard InChI is InChI=1S/C16H22ClN3O6S/c1-10(2)8-18-16(23)19-14(21)9-26-15(22)11(3)20-27(24,25)13-6-4-12(17)5-7-13/h4-7,10-11,20H,8-9H2,1-3H3,(H2,18,19,21,23)/t11-/m0/s1. The predicted molar refractivity (Wildman–Crippen MR) is 98.6 cm³/mol. The van der Waals surface area contributed by atoms with Crippen molar-refractivity contribution in [1.82, 2.24) is 15.4 Å². The molecule has 1 aromatic carbocycles. The minimum atomic E-state index is -3.97. The quantitative estimate of drug-likeness (QED) is 0.539. The second kappa shape index (κ2) is 10.2. The molecule has 3 amide bonds. The molecular formula is C16H22ClN3O6S. The maximum absolute atomic E-state index is 12.2. The minimum absolute atomic E-state index is 0.0777.